The van der Waals surface area contributed by atoms with Crippen molar-refractivity contribution in [1.29, 1.82) is 5.26 Å². The fraction of sp³-hybridized carbons (Fsp3) is 0.158. The second-order valence-corrected chi connectivity index (χ2v) is 7.31. The lowest BCUT2D eigenvalue weighted by atomic mass is 10.2. The molecule has 0 aliphatic carbocycles. The molecule has 0 spiro atoms. The lowest BCUT2D eigenvalue weighted by Gasteiger charge is -2.08. The van der Waals surface area contributed by atoms with Crippen LogP contribution < -0.4 is 10.3 Å². The zero-order chi connectivity index (χ0) is 19.4. The van der Waals surface area contributed by atoms with Crippen molar-refractivity contribution in [2.24, 2.45) is 5.10 Å². The molecule has 2 aromatic carbocycles. The van der Waals surface area contributed by atoms with Gasteiger partial charge in [-0.1, -0.05) is 22.9 Å². The molecule has 0 bridgehead atoms. The lowest BCUT2D eigenvalue weighted by Crippen LogP contribution is -2.22. The molecular weight excluding hydrogens is 476 g/mol. The minimum Gasteiger partial charge on any atom is -0.478 e. The van der Waals surface area contributed by atoms with E-state index in [1.807, 2.05) is 25.1 Å². The number of fused-ring (bicyclic) bond motifs is 1. The third-order valence-electron chi connectivity index (χ3n) is 3.76. The molecule has 0 aliphatic heterocycles. The van der Waals surface area contributed by atoms with Gasteiger partial charge in [-0.05, 0) is 57.9 Å². The van der Waals surface area contributed by atoms with Crippen molar-refractivity contribution in [1.82, 2.24) is 9.66 Å². The van der Waals surface area contributed by atoms with Gasteiger partial charge in [0.2, 0.25) is 0 Å². The first-order valence-electron chi connectivity index (χ1n) is 8.08. The Morgan fingerprint density at radius 2 is 2.11 bits per heavy atom. The molecule has 136 valence electrons. The summed E-state index contributed by atoms with van der Waals surface area (Å²) in [6, 6.07) is 12.7. The summed E-state index contributed by atoms with van der Waals surface area (Å²) >= 11 is 6.79. The molecular formula is C19H14Br2N4O2. The average Bonchev–Trinajstić information content (AvgIpc) is 2.66. The van der Waals surface area contributed by atoms with E-state index >= 15 is 0 Å². The highest BCUT2D eigenvalue weighted by Gasteiger charge is 2.10. The standard InChI is InChI=1S/C19H14Br2N4O2/c1-2-18-24-16-5-4-13(20)10-14(16)19(26)25(18)23-11-12-3-6-17(15(21)9-12)27-8-7-22/h3-6,9-11H,2,8H2,1H3. The third kappa shape index (κ3) is 4.26. The zero-order valence-corrected chi connectivity index (χ0v) is 17.5. The van der Waals surface area contributed by atoms with Crippen LogP contribution in [0.4, 0.5) is 0 Å². The second-order valence-electron chi connectivity index (χ2n) is 5.54. The van der Waals surface area contributed by atoms with Crippen LogP contribution in [0, 0.1) is 11.3 Å². The summed E-state index contributed by atoms with van der Waals surface area (Å²) in [6.07, 6.45) is 2.16. The highest BCUT2D eigenvalue weighted by Crippen LogP contribution is 2.25. The summed E-state index contributed by atoms with van der Waals surface area (Å²) < 4.78 is 8.13. The molecule has 3 aromatic rings. The molecule has 0 N–H and O–H groups in total. The van der Waals surface area contributed by atoms with Crippen molar-refractivity contribution < 1.29 is 4.74 Å². The molecule has 0 fully saturated rings. The number of nitriles is 1. The van der Waals surface area contributed by atoms with Gasteiger partial charge >= 0.3 is 0 Å². The lowest BCUT2D eigenvalue weighted by molar-refractivity contribution is 0.366. The summed E-state index contributed by atoms with van der Waals surface area (Å²) in [4.78, 5) is 17.4. The van der Waals surface area contributed by atoms with Crippen LogP contribution in [0.1, 0.15) is 18.3 Å². The SMILES string of the molecule is CCc1nc2ccc(Br)cc2c(=O)n1N=Cc1ccc(OCC#N)c(Br)c1. The fourth-order valence-corrected chi connectivity index (χ4v) is 3.36. The molecule has 0 saturated carbocycles. The maximum absolute atomic E-state index is 12.8. The van der Waals surface area contributed by atoms with Gasteiger partial charge in [0.25, 0.3) is 5.56 Å². The van der Waals surface area contributed by atoms with Crippen molar-refractivity contribution in [2.45, 2.75) is 13.3 Å². The van der Waals surface area contributed by atoms with Crippen molar-refractivity contribution in [3.05, 3.63) is 67.1 Å². The Bertz CT molecular complexity index is 1130. The van der Waals surface area contributed by atoms with Gasteiger partial charge in [0.1, 0.15) is 17.6 Å². The Hall–Kier alpha value is -2.50. The fourth-order valence-electron chi connectivity index (χ4n) is 2.49. The van der Waals surface area contributed by atoms with Gasteiger partial charge in [-0.25, -0.2) is 4.98 Å². The van der Waals surface area contributed by atoms with Crippen LogP contribution in [-0.2, 0) is 6.42 Å². The van der Waals surface area contributed by atoms with E-state index in [0.29, 0.717) is 33.4 Å². The number of halogens is 2. The van der Waals surface area contributed by atoms with E-state index in [2.05, 4.69) is 41.9 Å². The van der Waals surface area contributed by atoms with Gasteiger partial charge in [-0.3, -0.25) is 4.79 Å². The predicted molar refractivity (Wildman–Crippen MR) is 111 cm³/mol. The summed E-state index contributed by atoms with van der Waals surface area (Å²) in [5, 5.41) is 13.4. The number of benzene rings is 2. The maximum atomic E-state index is 12.8. The maximum Gasteiger partial charge on any atom is 0.282 e. The Morgan fingerprint density at radius 3 is 2.81 bits per heavy atom. The zero-order valence-electron chi connectivity index (χ0n) is 14.3. The smallest absolute Gasteiger partial charge is 0.282 e. The minimum absolute atomic E-state index is 0.0282. The van der Waals surface area contributed by atoms with Gasteiger partial charge in [0, 0.05) is 10.9 Å². The Labute approximate surface area is 172 Å². The van der Waals surface area contributed by atoms with Gasteiger partial charge in [0.15, 0.2) is 6.61 Å². The van der Waals surface area contributed by atoms with Gasteiger partial charge < -0.3 is 4.74 Å². The van der Waals surface area contributed by atoms with Crippen LogP contribution in [0.2, 0.25) is 0 Å². The molecule has 0 atom stereocenters. The first-order chi connectivity index (χ1) is 13.0. The molecule has 8 heteroatoms. The first-order valence-corrected chi connectivity index (χ1v) is 9.67. The van der Waals surface area contributed by atoms with E-state index in [1.165, 1.54) is 4.68 Å². The van der Waals surface area contributed by atoms with E-state index in [4.69, 9.17) is 10.00 Å². The van der Waals surface area contributed by atoms with Crippen LogP contribution in [0.25, 0.3) is 10.9 Å². The average molecular weight is 490 g/mol. The van der Waals surface area contributed by atoms with Crippen LogP contribution >= 0.6 is 31.9 Å². The van der Waals surface area contributed by atoms with E-state index in [9.17, 15) is 4.79 Å². The molecule has 3 rings (SSSR count). The molecule has 0 unspecified atom stereocenters. The number of aromatic nitrogens is 2. The highest BCUT2D eigenvalue weighted by atomic mass is 79.9. The van der Waals surface area contributed by atoms with Gasteiger partial charge in [-0.2, -0.15) is 15.0 Å². The number of hydrogen-bond acceptors (Lipinski definition) is 5. The number of nitrogens with zero attached hydrogens (tertiary/aromatic N) is 4. The molecule has 1 aromatic heterocycles. The molecule has 0 radical (unpaired) electrons. The first kappa shape index (κ1) is 19.3. The largest absolute Gasteiger partial charge is 0.478 e. The summed E-state index contributed by atoms with van der Waals surface area (Å²) in [5.74, 6) is 1.15. The van der Waals surface area contributed by atoms with Crippen LogP contribution in [-0.4, -0.2) is 22.5 Å². The quantitative estimate of drug-likeness (QED) is 0.501. The third-order valence-corrected chi connectivity index (χ3v) is 4.87. The molecule has 6 nitrogen and oxygen atoms in total. The monoisotopic (exact) mass is 488 g/mol. The van der Waals surface area contributed by atoms with Crippen LogP contribution in [0.3, 0.4) is 0 Å². The molecule has 0 amide bonds. The Balaban J connectivity index is 2.01. The number of hydrogen-bond donors (Lipinski definition) is 0. The number of ether oxygens (including phenoxy) is 1. The van der Waals surface area contributed by atoms with Gasteiger partial charge in [-0.15, -0.1) is 0 Å². The molecule has 27 heavy (non-hydrogen) atoms. The van der Waals surface area contributed by atoms with Gasteiger partial charge in [0.05, 0.1) is 21.6 Å². The van der Waals surface area contributed by atoms with E-state index < -0.39 is 0 Å². The van der Waals surface area contributed by atoms with Crippen LogP contribution in [0.15, 0.2) is 55.2 Å². The normalized spacial score (nSPS) is 11.0. The second kappa shape index (κ2) is 8.46. The Kier molecular flexibility index (Phi) is 6.04. The summed E-state index contributed by atoms with van der Waals surface area (Å²) in [7, 11) is 0. The molecule has 0 saturated heterocycles. The van der Waals surface area contributed by atoms with Crippen LogP contribution in [0.5, 0.6) is 5.75 Å². The predicted octanol–water partition coefficient (Wildman–Crippen LogP) is 4.27. The van der Waals surface area contributed by atoms with E-state index in [-0.39, 0.29) is 12.2 Å². The van der Waals surface area contributed by atoms with Crippen molar-refractivity contribution in [3.63, 3.8) is 0 Å². The minimum atomic E-state index is -0.220. The topological polar surface area (TPSA) is 80.3 Å². The highest BCUT2D eigenvalue weighted by molar-refractivity contribution is 9.10. The molecule has 1 heterocycles. The van der Waals surface area contributed by atoms with Crippen molar-refractivity contribution in [2.75, 3.05) is 6.61 Å². The van der Waals surface area contributed by atoms with Crippen molar-refractivity contribution in [3.8, 4) is 11.8 Å². The molecule has 0 aliphatic rings. The Morgan fingerprint density at radius 1 is 1.30 bits per heavy atom. The summed E-state index contributed by atoms with van der Waals surface area (Å²) in [5.41, 5.74) is 1.20. The number of rotatable bonds is 5. The van der Waals surface area contributed by atoms with E-state index in [0.717, 1.165) is 10.0 Å². The number of aryl methyl sites for hydroxylation is 1. The van der Waals surface area contributed by atoms with E-state index in [1.54, 1.807) is 30.5 Å². The summed E-state index contributed by atoms with van der Waals surface area (Å²) in [6.45, 7) is 1.90. The van der Waals surface area contributed by atoms with Crippen molar-refractivity contribution >= 4 is 49.0 Å².